The molecule has 0 aliphatic rings. The average Bonchev–Trinajstić information content (AvgIpc) is 2.74. The first-order valence-corrected chi connectivity index (χ1v) is 6.83. The van der Waals surface area contributed by atoms with Gasteiger partial charge in [0.1, 0.15) is 0 Å². The van der Waals surface area contributed by atoms with E-state index in [2.05, 4.69) is 20.9 Å². The van der Waals surface area contributed by atoms with Gasteiger partial charge in [0.15, 0.2) is 5.78 Å². The van der Waals surface area contributed by atoms with Crippen molar-refractivity contribution in [3.8, 4) is 0 Å². The van der Waals surface area contributed by atoms with Crippen molar-refractivity contribution < 1.29 is 4.79 Å². The molecule has 94 valence electrons. The van der Waals surface area contributed by atoms with Crippen LogP contribution < -0.4 is 0 Å². The van der Waals surface area contributed by atoms with Gasteiger partial charge in [0.25, 0.3) is 0 Å². The first kappa shape index (κ1) is 12.2. The molecule has 0 unspecified atom stereocenters. The van der Waals surface area contributed by atoms with Gasteiger partial charge in [0.05, 0.1) is 5.56 Å². The van der Waals surface area contributed by atoms with Crippen LogP contribution in [-0.4, -0.2) is 10.8 Å². The van der Waals surface area contributed by atoms with Gasteiger partial charge in [-0.3, -0.25) is 4.79 Å². The van der Waals surface area contributed by atoms with Crippen LogP contribution in [0.3, 0.4) is 0 Å². The number of carbonyl (C=O) groups is 1. The summed E-state index contributed by atoms with van der Waals surface area (Å²) in [6, 6.07) is 15.3. The molecule has 3 heteroatoms. The Morgan fingerprint density at radius 1 is 1.05 bits per heavy atom. The molecule has 0 spiro atoms. The van der Waals surface area contributed by atoms with Gasteiger partial charge in [-0.25, -0.2) is 0 Å². The van der Waals surface area contributed by atoms with E-state index in [1.54, 1.807) is 0 Å². The summed E-state index contributed by atoms with van der Waals surface area (Å²) >= 11 is 3.38. The first-order chi connectivity index (χ1) is 9.16. The van der Waals surface area contributed by atoms with E-state index in [9.17, 15) is 4.79 Å². The van der Waals surface area contributed by atoms with E-state index in [0.29, 0.717) is 5.56 Å². The summed E-state index contributed by atoms with van der Waals surface area (Å²) in [6.45, 7) is 1.94. The molecule has 0 bridgehead atoms. The Morgan fingerprint density at radius 2 is 1.74 bits per heavy atom. The number of para-hydroxylation sites is 1. The molecule has 3 aromatic rings. The summed E-state index contributed by atoms with van der Waals surface area (Å²) in [4.78, 5) is 15.9. The van der Waals surface area contributed by atoms with E-state index in [0.717, 1.165) is 26.6 Å². The quantitative estimate of drug-likeness (QED) is 0.696. The fourth-order valence-corrected chi connectivity index (χ4v) is 2.58. The second-order valence-electron chi connectivity index (χ2n) is 4.51. The van der Waals surface area contributed by atoms with Crippen LogP contribution in [0.2, 0.25) is 0 Å². The summed E-state index contributed by atoms with van der Waals surface area (Å²) in [5, 5.41) is 0.980. The number of aromatic amines is 1. The number of ketones is 1. The predicted octanol–water partition coefficient (Wildman–Crippen LogP) is 4.47. The number of H-pyrrole nitrogens is 1. The Kier molecular flexibility index (Phi) is 2.99. The summed E-state index contributed by atoms with van der Waals surface area (Å²) in [5.41, 5.74) is 3.38. The summed E-state index contributed by atoms with van der Waals surface area (Å²) in [7, 11) is 0. The smallest absolute Gasteiger partial charge is 0.195 e. The molecule has 1 heterocycles. The molecular formula is C16H12BrNO. The van der Waals surface area contributed by atoms with Crippen molar-refractivity contribution in [3.63, 3.8) is 0 Å². The minimum Gasteiger partial charge on any atom is -0.358 e. The maximum Gasteiger partial charge on any atom is 0.195 e. The number of aryl methyl sites for hydroxylation is 1. The average molecular weight is 314 g/mol. The van der Waals surface area contributed by atoms with Gasteiger partial charge >= 0.3 is 0 Å². The van der Waals surface area contributed by atoms with Crippen LogP contribution in [0.25, 0.3) is 10.9 Å². The Morgan fingerprint density at radius 3 is 2.47 bits per heavy atom. The molecule has 3 rings (SSSR count). The highest BCUT2D eigenvalue weighted by atomic mass is 79.9. The zero-order valence-corrected chi connectivity index (χ0v) is 12.0. The third kappa shape index (κ3) is 2.10. The number of fused-ring (bicyclic) bond motifs is 1. The van der Waals surface area contributed by atoms with E-state index in [1.807, 2.05) is 55.5 Å². The fraction of sp³-hybridized carbons (Fsp3) is 0.0625. The van der Waals surface area contributed by atoms with Crippen LogP contribution in [0.5, 0.6) is 0 Å². The summed E-state index contributed by atoms with van der Waals surface area (Å²) in [5.74, 6) is 0.0578. The predicted molar refractivity (Wildman–Crippen MR) is 80.6 cm³/mol. The zero-order chi connectivity index (χ0) is 13.4. The van der Waals surface area contributed by atoms with E-state index in [-0.39, 0.29) is 5.78 Å². The Labute approximate surface area is 119 Å². The number of hydrogen-bond donors (Lipinski definition) is 1. The molecule has 0 saturated carbocycles. The van der Waals surface area contributed by atoms with Gasteiger partial charge in [-0.2, -0.15) is 0 Å². The highest BCUT2D eigenvalue weighted by Crippen LogP contribution is 2.25. The molecule has 0 radical (unpaired) electrons. The Hall–Kier alpha value is -1.87. The van der Waals surface area contributed by atoms with Gasteiger partial charge in [0.2, 0.25) is 0 Å². The number of halogens is 1. The van der Waals surface area contributed by atoms with Crippen molar-refractivity contribution >= 4 is 32.6 Å². The first-order valence-electron chi connectivity index (χ1n) is 6.04. The maximum atomic E-state index is 12.6. The SMILES string of the molecule is Cc1[nH]c2ccccc2c1C(=O)c1ccc(Br)cc1. The molecular weight excluding hydrogens is 302 g/mol. The van der Waals surface area contributed by atoms with Crippen molar-refractivity contribution in [1.82, 2.24) is 4.98 Å². The van der Waals surface area contributed by atoms with Crippen LogP contribution >= 0.6 is 15.9 Å². The van der Waals surface area contributed by atoms with Crippen LogP contribution in [0, 0.1) is 6.92 Å². The Balaban J connectivity index is 2.16. The second-order valence-corrected chi connectivity index (χ2v) is 5.42. The minimum atomic E-state index is 0.0578. The van der Waals surface area contributed by atoms with E-state index in [4.69, 9.17) is 0 Å². The van der Waals surface area contributed by atoms with Crippen LogP contribution in [-0.2, 0) is 0 Å². The van der Waals surface area contributed by atoms with Gasteiger partial charge in [0, 0.05) is 26.6 Å². The minimum absolute atomic E-state index is 0.0578. The van der Waals surface area contributed by atoms with Crippen molar-refractivity contribution in [3.05, 3.63) is 69.8 Å². The molecule has 0 aliphatic carbocycles. The molecule has 1 N–H and O–H groups in total. The molecule has 0 atom stereocenters. The molecule has 0 aliphatic heterocycles. The molecule has 0 fully saturated rings. The summed E-state index contributed by atoms with van der Waals surface area (Å²) < 4.78 is 0.972. The van der Waals surface area contributed by atoms with E-state index in [1.165, 1.54) is 0 Å². The number of aromatic nitrogens is 1. The lowest BCUT2D eigenvalue weighted by Gasteiger charge is -2.02. The lowest BCUT2D eigenvalue weighted by Crippen LogP contribution is -2.02. The molecule has 0 saturated heterocycles. The zero-order valence-electron chi connectivity index (χ0n) is 10.4. The normalized spacial score (nSPS) is 10.8. The molecule has 0 amide bonds. The van der Waals surface area contributed by atoms with Gasteiger partial charge in [-0.1, -0.05) is 34.1 Å². The number of benzene rings is 2. The van der Waals surface area contributed by atoms with Gasteiger partial charge < -0.3 is 4.98 Å². The van der Waals surface area contributed by atoms with Crippen LogP contribution in [0.1, 0.15) is 21.6 Å². The third-order valence-corrected chi connectivity index (χ3v) is 3.76. The lowest BCUT2D eigenvalue weighted by atomic mass is 10.0. The maximum absolute atomic E-state index is 12.6. The molecule has 19 heavy (non-hydrogen) atoms. The van der Waals surface area contributed by atoms with Crippen molar-refractivity contribution in [2.75, 3.05) is 0 Å². The number of carbonyl (C=O) groups excluding carboxylic acids is 1. The van der Waals surface area contributed by atoms with E-state index >= 15 is 0 Å². The van der Waals surface area contributed by atoms with Gasteiger partial charge in [-0.05, 0) is 37.3 Å². The highest BCUT2D eigenvalue weighted by Gasteiger charge is 2.17. The van der Waals surface area contributed by atoms with Crippen molar-refractivity contribution in [2.45, 2.75) is 6.92 Å². The van der Waals surface area contributed by atoms with E-state index < -0.39 is 0 Å². The third-order valence-electron chi connectivity index (χ3n) is 3.23. The number of hydrogen-bond acceptors (Lipinski definition) is 1. The van der Waals surface area contributed by atoms with Crippen LogP contribution in [0.15, 0.2) is 53.0 Å². The van der Waals surface area contributed by atoms with Crippen LogP contribution in [0.4, 0.5) is 0 Å². The van der Waals surface area contributed by atoms with Gasteiger partial charge in [-0.15, -0.1) is 0 Å². The molecule has 2 aromatic carbocycles. The summed E-state index contributed by atoms with van der Waals surface area (Å²) in [6.07, 6.45) is 0. The number of nitrogens with one attached hydrogen (secondary N) is 1. The second kappa shape index (κ2) is 4.67. The van der Waals surface area contributed by atoms with Crippen molar-refractivity contribution in [1.29, 1.82) is 0 Å². The topological polar surface area (TPSA) is 32.9 Å². The van der Waals surface area contributed by atoms with Crippen molar-refractivity contribution in [2.24, 2.45) is 0 Å². The largest absolute Gasteiger partial charge is 0.358 e. The lowest BCUT2D eigenvalue weighted by molar-refractivity contribution is 0.104. The fourth-order valence-electron chi connectivity index (χ4n) is 2.31. The standard InChI is InChI=1S/C16H12BrNO/c1-10-15(13-4-2-3-5-14(13)18-10)16(19)11-6-8-12(17)9-7-11/h2-9,18H,1H3. The Bertz CT molecular complexity index is 756. The molecule has 1 aromatic heterocycles. The monoisotopic (exact) mass is 313 g/mol. The highest BCUT2D eigenvalue weighted by molar-refractivity contribution is 9.10. The molecule has 2 nitrogen and oxygen atoms in total. The number of rotatable bonds is 2.